The first-order valence-electron chi connectivity index (χ1n) is 8.89. The topological polar surface area (TPSA) is 29.6 Å². The van der Waals surface area contributed by atoms with Gasteiger partial charge in [0.05, 0.1) is 46.3 Å². The third-order valence-corrected chi connectivity index (χ3v) is 4.28. The molecule has 2 aromatic carbocycles. The second kappa shape index (κ2) is 11.7. The molecule has 3 aromatic rings. The van der Waals surface area contributed by atoms with E-state index in [9.17, 15) is 26.3 Å². The Kier molecular flexibility index (Phi) is 9.60. The molecule has 178 valence electrons. The van der Waals surface area contributed by atoms with Gasteiger partial charge in [0.25, 0.3) is 0 Å². The summed E-state index contributed by atoms with van der Waals surface area (Å²) in [5, 5.41) is 0. The molecule has 0 atom stereocenters. The zero-order valence-corrected chi connectivity index (χ0v) is 19.3. The van der Waals surface area contributed by atoms with Crippen LogP contribution >= 0.6 is 20.2 Å². The molecule has 3 nitrogen and oxygen atoms in total. The molecule has 0 aliphatic rings. The van der Waals surface area contributed by atoms with Crippen molar-refractivity contribution >= 4 is 44.0 Å². The third-order valence-electron chi connectivity index (χ3n) is 4.28. The summed E-state index contributed by atoms with van der Waals surface area (Å²) in [6.07, 6.45) is -5.81. The molecule has 0 saturated heterocycles. The number of halogens is 8. The van der Waals surface area contributed by atoms with E-state index >= 15 is 0 Å². The van der Waals surface area contributed by atoms with Gasteiger partial charge in [-0.3, -0.25) is 9.98 Å². The minimum absolute atomic E-state index is 0.194. The van der Waals surface area contributed by atoms with E-state index in [4.69, 9.17) is 20.2 Å². The van der Waals surface area contributed by atoms with Gasteiger partial charge in [0, 0.05) is 7.05 Å². The number of aliphatic imine (C=N–C) groups is 2. The van der Waals surface area contributed by atoms with Crippen LogP contribution < -0.4 is 0 Å². The summed E-state index contributed by atoms with van der Waals surface area (Å²) in [5.41, 5.74) is 0.574. The molecule has 1 heterocycles. The van der Waals surface area contributed by atoms with Crippen molar-refractivity contribution in [3.8, 4) is 0 Å². The normalized spacial score (nSPS) is 12.4. The average Bonchev–Trinajstić information content (AvgIpc) is 3.10. The molecule has 0 aliphatic carbocycles. The van der Waals surface area contributed by atoms with Gasteiger partial charge >= 0.3 is 45.7 Å². The zero-order valence-electron chi connectivity index (χ0n) is 16.6. The summed E-state index contributed by atoms with van der Waals surface area (Å²) in [5.74, 6) is 0. The molecule has 0 unspecified atom stereocenters. The average molecular weight is 550 g/mol. The molecule has 0 fully saturated rings. The number of alkyl halides is 6. The van der Waals surface area contributed by atoms with Crippen LogP contribution in [0.25, 0.3) is 0 Å². The van der Waals surface area contributed by atoms with Gasteiger partial charge < -0.3 is 4.57 Å². The van der Waals surface area contributed by atoms with Gasteiger partial charge in [-0.05, 0) is 60.7 Å². The molecule has 0 radical (unpaired) electrons. The molecule has 0 spiro atoms. The Morgan fingerprint density at radius 2 is 0.970 bits per heavy atom. The van der Waals surface area contributed by atoms with Crippen molar-refractivity contribution < 1.29 is 39.5 Å². The Hall–Kier alpha value is -2.26. The first kappa shape index (κ1) is 27.0. The molecule has 0 saturated carbocycles. The summed E-state index contributed by atoms with van der Waals surface area (Å²) < 4.78 is 77.3. The van der Waals surface area contributed by atoms with E-state index in [1.54, 1.807) is 23.7 Å². The van der Waals surface area contributed by atoms with Crippen molar-refractivity contribution in [1.82, 2.24) is 4.57 Å². The van der Waals surface area contributed by atoms with Gasteiger partial charge in [-0.2, -0.15) is 26.3 Å². The first-order valence-corrected chi connectivity index (χ1v) is 11.9. The molecule has 3 rings (SSSR count). The third kappa shape index (κ3) is 8.23. The van der Waals surface area contributed by atoms with Crippen LogP contribution in [0.1, 0.15) is 22.5 Å². The molecule has 33 heavy (non-hydrogen) atoms. The Morgan fingerprint density at radius 3 is 1.24 bits per heavy atom. The van der Waals surface area contributed by atoms with E-state index < -0.39 is 23.5 Å². The van der Waals surface area contributed by atoms with E-state index in [-0.39, 0.29) is 13.1 Å². The van der Waals surface area contributed by atoms with Crippen LogP contribution in [0.2, 0.25) is 0 Å². The maximum atomic E-state index is 12.6. The maximum absolute atomic E-state index is 12.6. The fraction of sp³-hybridized carbons (Fsp3) is 0.143. The quantitative estimate of drug-likeness (QED) is 0.180. The number of nitrogens with zero attached hydrogens (tertiary/aromatic N) is 3. The van der Waals surface area contributed by atoms with Gasteiger partial charge in [-0.1, -0.05) is 0 Å². The van der Waals surface area contributed by atoms with E-state index in [0.29, 0.717) is 22.8 Å². The molecule has 0 bridgehead atoms. The van der Waals surface area contributed by atoms with Crippen molar-refractivity contribution in [3.63, 3.8) is 0 Å². The van der Waals surface area contributed by atoms with Crippen LogP contribution in [0.5, 0.6) is 0 Å². The summed E-state index contributed by atoms with van der Waals surface area (Å²) in [6, 6.07) is 12.4. The van der Waals surface area contributed by atoms with Crippen molar-refractivity contribution in [3.05, 3.63) is 83.2 Å². The van der Waals surface area contributed by atoms with Crippen molar-refractivity contribution in [2.24, 2.45) is 17.0 Å². The van der Waals surface area contributed by atoms with E-state index in [1.165, 1.54) is 36.7 Å². The van der Waals surface area contributed by atoms with Gasteiger partial charge in [0.1, 0.15) is 0 Å². The number of hydrogen-bond acceptors (Lipinski definition) is 2. The molecular weight excluding hydrogens is 535 g/mol. The molecule has 0 aliphatic heterocycles. The van der Waals surface area contributed by atoms with Crippen LogP contribution in [0, 0.1) is 0 Å². The Balaban J connectivity index is 0.00000122. The van der Waals surface area contributed by atoms with Gasteiger partial charge in [0.2, 0.25) is 0 Å². The Morgan fingerprint density at radius 1 is 0.667 bits per heavy atom. The summed E-state index contributed by atoms with van der Waals surface area (Å²) >= 11 is 0.194. The van der Waals surface area contributed by atoms with Crippen LogP contribution in [-0.4, -0.2) is 17.0 Å². The molecule has 0 N–H and O–H groups in total. The van der Waals surface area contributed by atoms with E-state index in [2.05, 4.69) is 9.98 Å². The Bertz CT molecular complexity index is 1000. The fourth-order valence-corrected chi connectivity index (χ4v) is 2.56. The summed E-state index contributed by atoms with van der Waals surface area (Å²) in [4.78, 5) is 8.32. The van der Waals surface area contributed by atoms with Crippen LogP contribution in [0.3, 0.4) is 0 Å². The Labute approximate surface area is 200 Å². The predicted octanol–water partition coefficient (Wildman–Crippen LogP) is 7.94. The summed E-state index contributed by atoms with van der Waals surface area (Å²) in [6.45, 7) is 0. The van der Waals surface area contributed by atoms with Crippen molar-refractivity contribution in [1.29, 1.82) is 0 Å². The van der Waals surface area contributed by atoms with Crippen LogP contribution in [-0.2, 0) is 32.5 Å². The van der Waals surface area contributed by atoms with E-state index in [0.717, 1.165) is 24.3 Å². The van der Waals surface area contributed by atoms with Gasteiger partial charge in [-0.15, -0.1) is 0 Å². The molecule has 12 heteroatoms. The number of rotatable bonds is 4. The number of hydrogen-bond donors (Lipinski definition) is 0. The predicted molar refractivity (Wildman–Crippen MR) is 115 cm³/mol. The molecule has 1 aromatic heterocycles. The van der Waals surface area contributed by atoms with Crippen LogP contribution in [0.15, 0.2) is 70.6 Å². The van der Waals surface area contributed by atoms with Crippen molar-refractivity contribution in [2.75, 3.05) is 0 Å². The second-order valence-electron chi connectivity index (χ2n) is 6.40. The monoisotopic (exact) mass is 549 g/mol. The van der Waals surface area contributed by atoms with E-state index in [1.807, 2.05) is 0 Å². The minimum atomic E-state index is -4.40. The number of aromatic nitrogens is 1. The molecule has 0 amide bonds. The number of benzene rings is 2. The van der Waals surface area contributed by atoms with Crippen molar-refractivity contribution in [2.45, 2.75) is 12.4 Å². The SMILES string of the molecule is Cn1c(C=Nc2ccc(C(F)(F)F)cc2)ccc1C=Nc1ccc(C(F)(F)F)cc1.[Cl][Fe][Cl]. The standard InChI is InChI=1S/C21H15F6N3.2ClH.Fe/c1-30-18(12-28-16-6-2-14(3-7-16)20(22,23)24)10-11-19(30)13-29-17-8-4-15(5-9-17)21(25,26)27;;;/h2-13H,1H3;2*1H;/q;;;+2/p-2. The fourth-order valence-electron chi connectivity index (χ4n) is 2.56. The summed E-state index contributed by atoms with van der Waals surface area (Å²) in [7, 11) is 11.3. The zero-order chi connectivity index (χ0) is 24.6. The van der Waals surface area contributed by atoms with Gasteiger partial charge in [0.15, 0.2) is 0 Å². The van der Waals surface area contributed by atoms with Crippen LogP contribution in [0.4, 0.5) is 37.7 Å². The first-order chi connectivity index (χ1) is 15.5. The van der Waals surface area contributed by atoms with Gasteiger partial charge in [-0.25, -0.2) is 0 Å². The second-order valence-corrected chi connectivity index (χ2v) is 8.22. The molecular formula is C21H15Cl2F6FeN3.